The zero-order valence-corrected chi connectivity index (χ0v) is 17.6. The lowest BCUT2D eigenvalue weighted by molar-refractivity contribution is -0.132. The number of allylic oxidation sites excluding steroid dienone is 1. The normalized spacial score (nSPS) is 23.1. The number of ether oxygens (including phenoxy) is 3. The molecule has 0 bridgehead atoms. The number of aryl methyl sites for hydroxylation is 2. The summed E-state index contributed by atoms with van der Waals surface area (Å²) in [5, 5.41) is 0.358. The van der Waals surface area contributed by atoms with E-state index in [2.05, 4.69) is 0 Å². The average molecular weight is 427 g/mol. The second kappa shape index (κ2) is 8.52. The molecule has 30 heavy (non-hydrogen) atoms. The Hall–Kier alpha value is -2.79. The van der Waals surface area contributed by atoms with E-state index >= 15 is 0 Å². The van der Waals surface area contributed by atoms with Crippen molar-refractivity contribution in [3.8, 4) is 5.75 Å². The van der Waals surface area contributed by atoms with Crippen LogP contribution in [-0.4, -0.2) is 24.0 Å². The molecule has 3 unspecified atom stereocenters. The third kappa shape index (κ3) is 4.21. The lowest BCUT2D eigenvalue weighted by Crippen LogP contribution is -2.43. The maximum Gasteiger partial charge on any atom is 0.339 e. The van der Waals surface area contributed by atoms with Crippen molar-refractivity contribution in [1.29, 1.82) is 0 Å². The van der Waals surface area contributed by atoms with E-state index in [1.807, 2.05) is 32.0 Å². The van der Waals surface area contributed by atoms with Gasteiger partial charge in [0.25, 0.3) is 0 Å². The second-order valence-corrected chi connectivity index (χ2v) is 8.23. The molecule has 156 valence electrons. The van der Waals surface area contributed by atoms with Crippen LogP contribution in [0.1, 0.15) is 40.7 Å². The van der Waals surface area contributed by atoms with Crippen LogP contribution in [0, 0.1) is 19.8 Å². The Morgan fingerprint density at radius 2 is 1.93 bits per heavy atom. The van der Waals surface area contributed by atoms with Crippen LogP contribution in [0.2, 0.25) is 5.02 Å². The van der Waals surface area contributed by atoms with E-state index in [9.17, 15) is 9.59 Å². The minimum Gasteiger partial charge on any atom is -0.493 e. The molecule has 0 saturated heterocycles. The molecule has 1 saturated carbocycles. The van der Waals surface area contributed by atoms with E-state index < -0.39 is 5.97 Å². The average Bonchev–Trinajstić information content (AvgIpc) is 2.73. The Balaban J connectivity index is 1.41. The van der Waals surface area contributed by atoms with Crippen molar-refractivity contribution in [3.63, 3.8) is 0 Å². The molecule has 0 amide bonds. The quantitative estimate of drug-likeness (QED) is 0.631. The number of halogens is 1. The Kier molecular flexibility index (Phi) is 5.82. The number of carbonyl (C=O) groups is 2. The SMILES string of the molecule is Cc1ccc(C)c(OC2=COC3CC(OC(=O)c4ccccc4Cl)CCC3C2=O)c1. The van der Waals surface area contributed by atoms with E-state index in [1.165, 1.54) is 6.26 Å². The zero-order valence-electron chi connectivity index (χ0n) is 16.9. The first-order valence-corrected chi connectivity index (χ1v) is 10.4. The largest absolute Gasteiger partial charge is 0.493 e. The highest BCUT2D eigenvalue weighted by Crippen LogP contribution is 2.36. The van der Waals surface area contributed by atoms with Gasteiger partial charge in [0.1, 0.15) is 24.2 Å². The summed E-state index contributed by atoms with van der Waals surface area (Å²) in [5.74, 6) is 0.0459. The number of ketones is 1. The first-order chi connectivity index (χ1) is 14.4. The monoisotopic (exact) mass is 426 g/mol. The van der Waals surface area contributed by atoms with Crippen LogP contribution in [0.25, 0.3) is 0 Å². The molecule has 1 aliphatic heterocycles. The maximum absolute atomic E-state index is 13.0. The highest BCUT2D eigenvalue weighted by molar-refractivity contribution is 6.33. The van der Waals surface area contributed by atoms with E-state index in [1.54, 1.807) is 24.3 Å². The molecule has 6 heteroatoms. The molecule has 1 heterocycles. The van der Waals surface area contributed by atoms with Gasteiger partial charge in [-0.1, -0.05) is 35.9 Å². The van der Waals surface area contributed by atoms with Crippen LogP contribution in [0.5, 0.6) is 5.75 Å². The molecule has 0 aromatic heterocycles. The topological polar surface area (TPSA) is 61.8 Å². The molecule has 1 fully saturated rings. The van der Waals surface area contributed by atoms with Crippen molar-refractivity contribution in [2.45, 2.75) is 45.3 Å². The van der Waals surface area contributed by atoms with Crippen LogP contribution in [0.3, 0.4) is 0 Å². The second-order valence-electron chi connectivity index (χ2n) is 7.82. The van der Waals surface area contributed by atoms with Crippen molar-refractivity contribution in [2.24, 2.45) is 5.92 Å². The molecule has 0 N–H and O–H groups in total. The summed E-state index contributed by atoms with van der Waals surface area (Å²) in [7, 11) is 0. The van der Waals surface area contributed by atoms with Gasteiger partial charge in [-0.05, 0) is 56.0 Å². The van der Waals surface area contributed by atoms with Crippen LogP contribution < -0.4 is 4.74 Å². The summed E-state index contributed by atoms with van der Waals surface area (Å²) in [6.45, 7) is 3.91. The van der Waals surface area contributed by atoms with Crippen LogP contribution in [0.15, 0.2) is 54.5 Å². The summed E-state index contributed by atoms with van der Waals surface area (Å²) in [6, 6.07) is 12.6. The Morgan fingerprint density at radius 1 is 1.13 bits per heavy atom. The number of carbonyl (C=O) groups excluding carboxylic acids is 2. The number of benzene rings is 2. The summed E-state index contributed by atoms with van der Waals surface area (Å²) in [5.41, 5.74) is 2.34. The van der Waals surface area contributed by atoms with E-state index in [4.69, 9.17) is 25.8 Å². The molecule has 1 aliphatic carbocycles. The van der Waals surface area contributed by atoms with Gasteiger partial charge in [0, 0.05) is 6.42 Å². The highest BCUT2D eigenvalue weighted by Gasteiger charge is 2.42. The zero-order chi connectivity index (χ0) is 21.3. The fraction of sp³-hybridized carbons (Fsp3) is 0.333. The van der Waals surface area contributed by atoms with Gasteiger partial charge in [-0.15, -0.1) is 0 Å². The van der Waals surface area contributed by atoms with Gasteiger partial charge in [-0.3, -0.25) is 4.79 Å². The number of Topliss-reactive ketones (excluding diaryl/α,β-unsaturated/α-hetero) is 1. The predicted molar refractivity (Wildman–Crippen MR) is 113 cm³/mol. The summed E-state index contributed by atoms with van der Waals surface area (Å²) < 4.78 is 17.3. The summed E-state index contributed by atoms with van der Waals surface area (Å²) >= 11 is 6.08. The number of hydrogen-bond donors (Lipinski definition) is 0. The Labute approximate surface area is 180 Å². The van der Waals surface area contributed by atoms with Crippen molar-refractivity contribution >= 4 is 23.4 Å². The fourth-order valence-electron chi connectivity index (χ4n) is 3.89. The fourth-order valence-corrected chi connectivity index (χ4v) is 4.10. The van der Waals surface area contributed by atoms with E-state index in [-0.39, 0.29) is 29.7 Å². The van der Waals surface area contributed by atoms with Crippen molar-refractivity contribution < 1.29 is 23.8 Å². The third-order valence-corrected chi connectivity index (χ3v) is 5.93. The van der Waals surface area contributed by atoms with Crippen molar-refractivity contribution in [1.82, 2.24) is 0 Å². The van der Waals surface area contributed by atoms with Gasteiger partial charge < -0.3 is 14.2 Å². The molecule has 2 aliphatic rings. The first-order valence-electron chi connectivity index (χ1n) is 10.0. The van der Waals surface area contributed by atoms with E-state index in [0.29, 0.717) is 35.6 Å². The lowest BCUT2D eigenvalue weighted by Gasteiger charge is -2.36. The minimum absolute atomic E-state index is 0.0666. The van der Waals surface area contributed by atoms with Gasteiger partial charge in [0.2, 0.25) is 11.5 Å². The Morgan fingerprint density at radius 3 is 2.73 bits per heavy atom. The first kappa shape index (κ1) is 20.5. The minimum atomic E-state index is -0.458. The van der Waals surface area contributed by atoms with Gasteiger partial charge >= 0.3 is 5.97 Å². The molecule has 0 spiro atoms. The van der Waals surface area contributed by atoms with Crippen LogP contribution in [0.4, 0.5) is 0 Å². The molecule has 5 nitrogen and oxygen atoms in total. The molecule has 4 rings (SSSR count). The Bertz CT molecular complexity index is 1010. The summed E-state index contributed by atoms with van der Waals surface area (Å²) in [4.78, 5) is 25.4. The number of hydrogen-bond acceptors (Lipinski definition) is 5. The molecular weight excluding hydrogens is 404 g/mol. The standard InChI is InChI=1S/C24H23ClO5/c1-14-7-8-15(2)20(11-14)30-22-13-28-21-12-16(9-10-18(21)23(22)26)29-24(27)17-5-3-4-6-19(17)25/h3-8,11,13,16,18,21H,9-10,12H2,1-2H3. The highest BCUT2D eigenvalue weighted by atomic mass is 35.5. The number of esters is 1. The van der Waals surface area contributed by atoms with Crippen molar-refractivity contribution in [2.75, 3.05) is 0 Å². The van der Waals surface area contributed by atoms with E-state index in [0.717, 1.165) is 11.1 Å². The molecule has 2 aromatic carbocycles. The number of rotatable bonds is 4. The molecule has 3 atom stereocenters. The van der Waals surface area contributed by atoms with Gasteiger partial charge in [0.05, 0.1) is 16.5 Å². The van der Waals surface area contributed by atoms with Crippen molar-refractivity contribution in [3.05, 3.63) is 76.2 Å². The smallest absolute Gasteiger partial charge is 0.339 e. The van der Waals surface area contributed by atoms with Gasteiger partial charge in [0.15, 0.2) is 0 Å². The molecule has 0 radical (unpaired) electrons. The number of fused-ring (bicyclic) bond motifs is 1. The molecular formula is C24H23ClO5. The van der Waals surface area contributed by atoms with Gasteiger partial charge in [-0.2, -0.15) is 0 Å². The predicted octanol–water partition coefficient (Wildman–Crippen LogP) is 5.17. The molecule has 2 aromatic rings. The summed E-state index contributed by atoms with van der Waals surface area (Å²) in [6.07, 6.45) is 2.35. The van der Waals surface area contributed by atoms with Crippen LogP contribution >= 0.6 is 11.6 Å². The van der Waals surface area contributed by atoms with Crippen LogP contribution in [-0.2, 0) is 14.3 Å². The lowest BCUT2D eigenvalue weighted by atomic mass is 9.80. The third-order valence-electron chi connectivity index (χ3n) is 5.60. The van der Waals surface area contributed by atoms with Gasteiger partial charge in [-0.25, -0.2) is 4.79 Å². The maximum atomic E-state index is 13.0.